The van der Waals surface area contributed by atoms with Crippen molar-refractivity contribution in [3.8, 4) is 5.75 Å². The minimum Gasteiger partial charge on any atom is -0.487 e. The van der Waals surface area contributed by atoms with Gasteiger partial charge in [-0.15, -0.1) is 24.0 Å². The monoisotopic (exact) mass is 513 g/mol. The molecule has 29 heavy (non-hydrogen) atoms. The molecule has 1 aliphatic rings. The molecule has 7 heteroatoms. The molecule has 0 radical (unpaired) electrons. The average Bonchev–Trinajstić information content (AvgIpc) is 2.65. The summed E-state index contributed by atoms with van der Waals surface area (Å²) in [6, 6.07) is 14.2. The molecule has 3 N–H and O–H groups in total. The third-order valence-electron chi connectivity index (χ3n) is 4.72. The molecular weight excluding hydrogens is 484 g/mol. The van der Waals surface area contributed by atoms with Crippen molar-refractivity contribution < 1.29 is 14.2 Å². The van der Waals surface area contributed by atoms with Crippen LogP contribution in [0.2, 0.25) is 0 Å². The minimum atomic E-state index is -1.00. The van der Waals surface area contributed by atoms with Gasteiger partial charge in [0.1, 0.15) is 23.3 Å². The Bertz CT molecular complexity index is 844. The molecule has 0 saturated carbocycles. The Morgan fingerprint density at radius 2 is 1.93 bits per heavy atom. The van der Waals surface area contributed by atoms with Gasteiger partial charge in [-0.25, -0.2) is 4.39 Å². The van der Waals surface area contributed by atoms with E-state index >= 15 is 0 Å². The maximum atomic E-state index is 13.9. The van der Waals surface area contributed by atoms with E-state index in [0.29, 0.717) is 12.5 Å². The number of benzene rings is 2. The summed E-state index contributed by atoms with van der Waals surface area (Å²) >= 11 is 0. The van der Waals surface area contributed by atoms with Crippen LogP contribution in [0, 0.1) is 5.82 Å². The molecule has 0 spiro atoms. The van der Waals surface area contributed by atoms with Crippen LogP contribution in [0.4, 0.5) is 4.39 Å². The summed E-state index contributed by atoms with van der Waals surface area (Å²) in [7, 11) is 0. The third kappa shape index (κ3) is 6.05. The number of ether oxygens (including phenoxy) is 1. The van der Waals surface area contributed by atoms with Crippen molar-refractivity contribution in [2.24, 2.45) is 4.99 Å². The molecular formula is C22H29FIN3O2. The van der Waals surface area contributed by atoms with Crippen LogP contribution in [0.15, 0.2) is 53.5 Å². The first-order chi connectivity index (χ1) is 13.4. The van der Waals surface area contributed by atoms with E-state index in [-0.39, 0.29) is 47.7 Å². The standard InChI is InChI=1S/C22H28FN3O2.HI/c1-4-24-21(25-14-19(27)15-9-5-7-11-17(15)23)26-18-13-22(2,3)28-20-12-8-6-10-16(18)20;/h5-12,18-19,27H,4,13-14H2,1-3H3,(H2,24,25,26);1H. The lowest BCUT2D eigenvalue weighted by atomic mass is 9.90. The fraction of sp³-hybridized carbons (Fsp3) is 0.409. The second-order valence-electron chi connectivity index (χ2n) is 7.56. The molecule has 2 aromatic carbocycles. The number of guanidine groups is 1. The fourth-order valence-electron chi connectivity index (χ4n) is 3.44. The van der Waals surface area contributed by atoms with Crippen molar-refractivity contribution in [1.29, 1.82) is 0 Å². The van der Waals surface area contributed by atoms with E-state index in [4.69, 9.17) is 4.74 Å². The van der Waals surface area contributed by atoms with Gasteiger partial charge >= 0.3 is 0 Å². The van der Waals surface area contributed by atoms with Crippen LogP contribution in [0.1, 0.15) is 50.5 Å². The molecule has 0 fully saturated rings. The van der Waals surface area contributed by atoms with Gasteiger partial charge in [-0.3, -0.25) is 4.99 Å². The van der Waals surface area contributed by atoms with E-state index in [9.17, 15) is 9.50 Å². The average molecular weight is 513 g/mol. The Balaban J connectivity index is 0.00000300. The van der Waals surface area contributed by atoms with Crippen molar-refractivity contribution in [2.75, 3.05) is 13.1 Å². The lowest BCUT2D eigenvalue weighted by molar-refractivity contribution is 0.0693. The number of aliphatic hydroxyl groups is 1. The summed E-state index contributed by atoms with van der Waals surface area (Å²) in [5, 5.41) is 17.0. The van der Waals surface area contributed by atoms with Crippen LogP contribution in [0.5, 0.6) is 5.75 Å². The predicted molar refractivity (Wildman–Crippen MR) is 124 cm³/mol. The lowest BCUT2D eigenvalue weighted by Gasteiger charge is -2.38. The zero-order valence-electron chi connectivity index (χ0n) is 17.0. The lowest BCUT2D eigenvalue weighted by Crippen LogP contribution is -2.45. The molecule has 1 aliphatic heterocycles. The number of rotatable bonds is 5. The third-order valence-corrected chi connectivity index (χ3v) is 4.72. The first kappa shape index (κ1) is 23.4. The Hall–Kier alpha value is -1.87. The van der Waals surface area contributed by atoms with Crippen molar-refractivity contribution in [3.63, 3.8) is 0 Å². The van der Waals surface area contributed by atoms with Crippen molar-refractivity contribution >= 4 is 29.9 Å². The van der Waals surface area contributed by atoms with E-state index in [0.717, 1.165) is 17.7 Å². The van der Waals surface area contributed by atoms with Crippen LogP contribution in [0.25, 0.3) is 0 Å². The van der Waals surface area contributed by atoms with Gasteiger partial charge in [0.05, 0.1) is 12.6 Å². The van der Waals surface area contributed by atoms with Gasteiger partial charge in [-0.2, -0.15) is 0 Å². The Morgan fingerprint density at radius 1 is 1.24 bits per heavy atom. The highest BCUT2D eigenvalue weighted by molar-refractivity contribution is 14.0. The number of nitrogens with zero attached hydrogens (tertiary/aromatic N) is 1. The maximum Gasteiger partial charge on any atom is 0.191 e. The second-order valence-corrected chi connectivity index (χ2v) is 7.56. The smallest absolute Gasteiger partial charge is 0.191 e. The molecule has 0 saturated heterocycles. The molecule has 5 nitrogen and oxygen atoms in total. The van der Waals surface area contributed by atoms with Gasteiger partial charge in [-0.05, 0) is 32.9 Å². The maximum absolute atomic E-state index is 13.9. The zero-order valence-corrected chi connectivity index (χ0v) is 19.3. The fourth-order valence-corrected chi connectivity index (χ4v) is 3.44. The molecule has 158 valence electrons. The van der Waals surface area contributed by atoms with Gasteiger partial charge < -0.3 is 20.5 Å². The summed E-state index contributed by atoms with van der Waals surface area (Å²) in [4.78, 5) is 4.48. The Labute approximate surface area is 188 Å². The normalized spacial score (nSPS) is 18.7. The largest absolute Gasteiger partial charge is 0.487 e. The zero-order chi connectivity index (χ0) is 20.1. The minimum absolute atomic E-state index is 0. The molecule has 2 aromatic rings. The topological polar surface area (TPSA) is 65.9 Å². The van der Waals surface area contributed by atoms with Crippen molar-refractivity contribution in [2.45, 2.75) is 44.9 Å². The van der Waals surface area contributed by atoms with Gasteiger partial charge in [0, 0.05) is 24.1 Å². The highest BCUT2D eigenvalue weighted by Gasteiger charge is 2.34. The summed E-state index contributed by atoms with van der Waals surface area (Å²) in [6.45, 7) is 6.83. The quantitative estimate of drug-likeness (QED) is 0.317. The molecule has 2 unspecified atom stereocenters. The van der Waals surface area contributed by atoms with E-state index in [1.807, 2.05) is 31.2 Å². The van der Waals surface area contributed by atoms with Gasteiger partial charge in [0.25, 0.3) is 0 Å². The van der Waals surface area contributed by atoms with Crippen LogP contribution in [0.3, 0.4) is 0 Å². The SMILES string of the molecule is CCNC(=NCC(O)c1ccccc1F)NC1CC(C)(C)Oc2ccccc21.I. The van der Waals surface area contributed by atoms with E-state index < -0.39 is 11.9 Å². The molecule has 1 heterocycles. The molecule has 3 rings (SSSR count). The number of hydrogen-bond donors (Lipinski definition) is 3. The Morgan fingerprint density at radius 3 is 2.66 bits per heavy atom. The number of para-hydroxylation sites is 1. The Kier molecular flexibility index (Phi) is 8.27. The van der Waals surface area contributed by atoms with Crippen LogP contribution >= 0.6 is 24.0 Å². The van der Waals surface area contributed by atoms with Crippen LogP contribution in [-0.2, 0) is 0 Å². The summed E-state index contributed by atoms with van der Waals surface area (Å²) in [5.74, 6) is 1.01. The van der Waals surface area contributed by atoms with Crippen LogP contribution in [-0.4, -0.2) is 29.8 Å². The van der Waals surface area contributed by atoms with Gasteiger partial charge in [0.2, 0.25) is 0 Å². The summed E-state index contributed by atoms with van der Waals surface area (Å²) < 4.78 is 20.0. The molecule has 2 atom stereocenters. The van der Waals surface area contributed by atoms with Crippen LogP contribution < -0.4 is 15.4 Å². The van der Waals surface area contributed by atoms with E-state index in [1.165, 1.54) is 6.07 Å². The predicted octanol–water partition coefficient (Wildman–Crippen LogP) is 4.33. The molecule has 0 bridgehead atoms. The van der Waals surface area contributed by atoms with Gasteiger partial charge in [0.15, 0.2) is 5.96 Å². The van der Waals surface area contributed by atoms with E-state index in [2.05, 4.69) is 29.5 Å². The highest BCUT2D eigenvalue weighted by Crippen LogP contribution is 2.39. The number of fused-ring (bicyclic) bond motifs is 1. The summed E-state index contributed by atoms with van der Waals surface area (Å²) in [5.41, 5.74) is 1.01. The van der Waals surface area contributed by atoms with E-state index in [1.54, 1.807) is 18.2 Å². The first-order valence-corrected chi connectivity index (χ1v) is 9.65. The van der Waals surface area contributed by atoms with Gasteiger partial charge in [-0.1, -0.05) is 36.4 Å². The first-order valence-electron chi connectivity index (χ1n) is 9.65. The molecule has 0 amide bonds. The molecule has 0 aliphatic carbocycles. The second kappa shape index (κ2) is 10.2. The highest BCUT2D eigenvalue weighted by atomic mass is 127. The van der Waals surface area contributed by atoms with Crippen molar-refractivity contribution in [3.05, 3.63) is 65.5 Å². The number of aliphatic hydroxyl groups excluding tert-OH is 1. The number of hydrogen-bond acceptors (Lipinski definition) is 3. The summed E-state index contributed by atoms with van der Waals surface area (Å²) in [6.07, 6.45) is -0.236. The molecule has 0 aromatic heterocycles. The number of nitrogens with one attached hydrogen (secondary N) is 2. The number of aliphatic imine (C=N–C) groups is 1. The van der Waals surface area contributed by atoms with Crippen molar-refractivity contribution in [1.82, 2.24) is 10.6 Å². The number of halogens is 2.